The standard InChI is InChI=1S/C19H21NO2S3/c1-13(25-17-8-6-16(22-2)7-9-17)18(21)20-15-5-3-4-14(12-15)19-23-10-11-24-19/h3-9,12-13,19H,10-11H2,1-2H3,(H,20,21). The summed E-state index contributed by atoms with van der Waals surface area (Å²) in [6.45, 7) is 1.93. The molecule has 1 fully saturated rings. The summed E-state index contributed by atoms with van der Waals surface area (Å²) in [5.74, 6) is 3.23. The van der Waals surface area contributed by atoms with Crippen LogP contribution in [0.4, 0.5) is 5.69 Å². The lowest BCUT2D eigenvalue weighted by atomic mass is 10.2. The van der Waals surface area contributed by atoms with Gasteiger partial charge in [-0.3, -0.25) is 4.79 Å². The molecule has 0 radical (unpaired) electrons. The number of anilines is 1. The number of hydrogen-bond donors (Lipinski definition) is 1. The number of methoxy groups -OCH3 is 1. The van der Waals surface area contributed by atoms with E-state index in [2.05, 4.69) is 17.4 Å². The third kappa shape index (κ3) is 5.12. The molecule has 0 aromatic heterocycles. The van der Waals surface area contributed by atoms with Crippen molar-refractivity contribution in [3.8, 4) is 5.75 Å². The first-order chi connectivity index (χ1) is 12.2. The van der Waals surface area contributed by atoms with E-state index in [1.807, 2.05) is 66.8 Å². The van der Waals surface area contributed by atoms with Crippen LogP contribution in [0.2, 0.25) is 0 Å². The lowest BCUT2D eigenvalue weighted by Gasteiger charge is -2.14. The van der Waals surface area contributed by atoms with Gasteiger partial charge in [0.1, 0.15) is 5.75 Å². The number of carbonyl (C=O) groups is 1. The lowest BCUT2D eigenvalue weighted by molar-refractivity contribution is -0.115. The minimum atomic E-state index is -0.174. The SMILES string of the molecule is COc1ccc(SC(C)C(=O)Nc2cccc(C3SCCS3)c2)cc1. The van der Waals surface area contributed by atoms with Crippen LogP contribution in [0.3, 0.4) is 0 Å². The fourth-order valence-corrected chi connectivity index (χ4v) is 6.18. The van der Waals surface area contributed by atoms with Crippen molar-refractivity contribution in [1.82, 2.24) is 0 Å². The van der Waals surface area contributed by atoms with Gasteiger partial charge in [0.25, 0.3) is 0 Å². The van der Waals surface area contributed by atoms with Gasteiger partial charge >= 0.3 is 0 Å². The number of hydrogen-bond acceptors (Lipinski definition) is 5. The van der Waals surface area contributed by atoms with Crippen molar-refractivity contribution < 1.29 is 9.53 Å². The summed E-state index contributed by atoms with van der Waals surface area (Å²) >= 11 is 5.48. The van der Waals surface area contributed by atoms with Crippen LogP contribution in [-0.4, -0.2) is 29.8 Å². The van der Waals surface area contributed by atoms with E-state index in [1.165, 1.54) is 17.1 Å². The zero-order valence-electron chi connectivity index (χ0n) is 14.2. The van der Waals surface area contributed by atoms with Gasteiger partial charge < -0.3 is 10.1 Å². The maximum absolute atomic E-state index is 12.5. The molecule has 1 unspecified atom stereocenters. The molecule has 1 atom stereocenters. The number of ether oxygens (including phenoxy) is 1. The average Bonchev–Trinajstić information content (AvgIpc) is 3.17. The second kappa shape index (κ2) is 8.92. The Morgan fingerprint density at radius 2 is 1.92 bits per heavy atom. The fourth-order valence-electron chi connectivity index (χ4n) is 2.47. The molecule has 1 saturated heterocycles. The Morgan fingerprint density at radius 3 is 2.60 bits per heavy atom. The van der Waals surface area contributed by atoms with Gasteiger partial charge in [0.2, 0.25) is 5.91 Å². The molecular formula is C19H21NO2S3. The number of carbonyl (C=O) groups excluding carboxylic acids is 1. The molecule has 3 rings (SSSR count). The molecule has 1 heterocycles. The van der Waals surface area contributed by atoms with Crippen LogP contribution >= 0.6 is 35.3 Å². The van der Waals surface area contributed by atoms with Crippen LogP contribution in [0.5, 0.6) is 5.75 Å². The topological polar surface area (TPSA) is 38.3 Å². The smallest absolute Gasteiger partial charge is 0.237 e. The summed E-state index contributed by atoms with van der Waals surface area (Å²) in [6.07, 6.45) is 0. The minimum absolute atomic E-state index is 0.0182. The second-order valence-electron chi connectivity index (χ2n) is 5.62. The predicted molar refractivity (Wildman–Crippen MR) is 111 cm³/mol. The van der Waals surface area contributed by atoms with E-state index in [0.717, 1.165) is 16.3 Å². The van der Waals surface area contributed by atoms with Gasteiger partial charge in [-0.25, -0.2) is 0 Å². The number of thioether (sulfide) groups is 3. The van der Waals surface area contributed by atoms with Crippen molar-refractivity contribution in [3.63, 3.8) is 0 Å². The molecule has 0 aliphatic carbocycles. The van der Waals surface area contributed by atoms with Gasteiger partial charge in [0.05, 0.1) is 16.9 Å². The van der Waals surface area contributed by atoms with Crippen LogP contribution < -0.4 is 10.1 Å². The summed E-state index contributed by atoms with van der Waals surface area (Å²) in [4.78, 5) is 13.6. The maximum Gasteiger partial charge on any atom is 0.237 e. The van der Waals surface area contributed by atoms with Gasteiger partial charge in [-0.15, -0.1) is 35.3 Å². The summed E-state index contributed by atoms with van der Waals surface area (Å²) in [5.41, 5.74) is 2.15. The monoisotopic (exact) mass is 391 g/mol. The third-order valence-electron chi connectivity index (χ3n) is 3.79. The van der Waals surface area contributed by atoms with E-state index in [1.54, 1.807) is 18.9 Å². The van der Waals surface area contributed by atoms with Gasteiger partial charge in [-0.05, 0) is 48.9 Å². The normalized spacial score (nSPS) is 15.8. The molecule has 25 heavy (non-hydrogen) atoms. The molecule has 1 N–H and O–H groups in total. The van der Waals surface area contributed by atoms with Crippen molar-refractivity contribution in [1.29, 1.82) is 0 Å². The van der Waals surface area contributed by atoms with Crippen LogP contribution in [0.1, 0.15) is 17.1 Å². The lowest BCUT2D eigenvalue weighted by Crippen LogP contribution is -2.22. The second-order valence-corrected chi connectivity index (χ2v) is 9.76. The fraction of sp³-hybridized carbons (Fsp3) is 0.316. The number of benzene rings is 2. The zero-order valence-corrected chi connectivity index (χ0v) is 16.7. The highest BCUT2D eigenvalue weighted by Crippen LogP contribution is 2.45. The Kier molecular flexibility index (Phi) is 6.62. The highest BCUT2D eigenvalue weighted by molar-refractivity contribution is 8.19. The zero-order chi connectivity index (χ0) is 17.6. The molecule has 1 aliphatic heterocycles. The molecule has 2 aromatic carbocycles. The molecule has 0 spiro atoms. The van der Waals surface area contributed by atoms with Crippen molar-refractivity contribution in [2.75, 3.05) is 23.9 Å². The van der Waals surface area contributed by atoms with E-state index in [-0.39, 0.29) is 11.2 Å². The molecule has 132 valence electrons. The van der Waals surface area contributed by atoms with Crippen molar-refractivity contribution >= 4 is 46.9 Å². The summed E-state index contributed by atoms with van der Waals surface area (Å²) in [5, 5.41) is 2.87. The summed E-state index contributed by atoms with van der Waals surface area (Å²) < 4.78 is 5.65. The van der Waals surface area contributed by atoms with Crippen LogP contribution in [0.15, 0.2) is 53.4 Å². The number of nitrogens with one attached hydrogen (secondary N) is 1. The molecular weight excluding hydrogens is 370 g/mol. The highest BCUT2D eigenvalue weighted by atomic mass is 32.2. The van der Waals surface area contributed by atoms with E-state index >= 15 is 0 Å². The molecule has 3 nitrogen and oxygen atoms in total. The van der Waals surface area contributed by atoms with Crippen LogP contribution in [0, 0.1) is 0 Å². The minimum Gasteiger partial charge on any atom is -0.497 e. The predicted octanol–water partition coefficient (Wildman–Crippen LogP) is 5.29. The maximum atomic E-state index is 12.5. The van der Waals surface area contributed by atoms with E-state index in [4.69, 9.17) is 4.74 Å². The summed E-state index contributed by atoms with van der Waals surface area (Å²) in [7, 11) is 1.65. The van der Waals surface area contributed by atoms with Crippen LogP contribution in [-0.2, 0) is 4.79 Å². The molecule has 6 heteroatoms. The van der Waals surface area contributed by atoms with Crippen molar-refractivity contribution in [2.45, 2.75) is 21.7 Å². The van der Waals surface area contributed by atoms with Gasteiger partial charge in [-0.1, -0.05) is 12.1 Å². The highest BCUT2D eigenvalue weighted by Gasteiger charge is 2.19. The number of rotatable bonds is 6. The third-order valence-corrected chi connectivity index (χ3v) is 8.01. The molecule has 1 aliphatic rings. The Labute approximate surface area is 161 Å². The van der Waals surface area contributed by atoms with E-state index in [0.29, 0.717) is 4.58 Å². The number of amides is 1. The quantitative estimate of drug-likeness (QED) is 0.677. The first-order valence-corrected chi connectivity index (χ1v) is 11.1. The largest absolute Gasteiger partial charge is 0.497 e. The molecule has 0 bridgehead atoms. The van der Waals surface area contributed by atoms with Gasteiger partial charge in [0, 0.05) is 22.1 Å². The van der Waals surface area contributed by atoms with Crippen molar-refractivity contribution in [3.05, 3.63) is 54.1 Å². The Bertz CT molecular complexity index is 715. The Morgan fingerprint density at radius 1 is 1.20 bits per heavy atom. The first kappa shape index (κ1) is 18.5. The molecule has 1 amide bonds. The van der Waals surface area contributed by atoms with E-state index in [9.17, 15) is 4.79 Å². The summed E-state index contributed by atoms with van der Waals surface area (Å²) in [6, 6.07) is 16.0. The Hall–Kier alpha value is -1.24. The molecule has 0 saturated carbocycles. The first-order valence-electron chi connectivity index (χ1n) is 8.10. The van der Waals surface area contributed by atoms with E-state index < -0.39 is 0 Å². The van der Waals surface area contributed by atoms with Crippen molar-refractivity contribution in [2.24, 2.45) is 0 Å². The Balaban J connectivity index is 1.59. The average molecular weight is 392 g/mol. The van der Waals surface area contributed by atoms with Gasteiger partial charge in [-0.2, -0.15) is 0 Å². The van der Waals surface area contributed by atoms with Gasteiger partial charge in [0.15, 0.2) is 0 Å². The van der Waals surface area contributed by atoms with Crippen LogP contribution in [0.25, 0.3) is 0 Å². The molecule has 2 aromatic rings.